The Bertz CT molecular complexity index is 1050. The molecule has 1 unspecified atom stereocenters. The smallest absolute Gasteiger partial charge is 0.361 e. The summed E-state index contributed by atoms with van der Waals surface area (Å²) in [6.45, 7) is 8.67. The number of hydrogen-bond donors (Lipinski definition) is 1. The Hall–Kier alpha value is -3.48. The molecule has 0 bridgehead atoms. The van der Waals surface area contributed by atoms with Crippen LogP contribution in [0.3, 0.4) is 0 Å². The highest BCUT2D eigenvalue weighted by Crippen LogP contribution is 2.33. The third-order valence-corrected chi connectivity index (χ3v) is 3.82. The first-order valence-corrected chi connectivity index (χ1v) is 7.56. The van der Waals surface area contributed by atoms with Crippen LogP contribution in [0.2, 0.25) is 0 Å². The minimum Gasteiger partial charge on any atom is -0.361 e. The number of hydrogen-bond acceptors (Lipinski definition) is 3. The third-order valence-electron chi connectivity index (χ3n) is 3.82. The zero-order valence-electron chi connectivity index (χ0n) is 13.8. The number of nitrogens with zero attached hydrogens (tertiary/aromatic N) is 4. The summed E-state index contributed by atoms with van der Waals surface area (Å²) in [4.78, 5) is 23.4. The number of carbonyl (C=O) groups is 1. The van der Waals surface area contributed by atoms with Crippen molar-refractivity contribution < 1.29 is 22.4 Å². The van der Waals surface area contributed by atoms with E-state index in [1.807, 2.05) is 5.32 Å². The van der Waals surface area contributed by atoms with Crippen molar-refractivity contribution in [1.29, 1.82) is 0 Å². The van der Waals surface area contributed by atoms with Crippen molar-refractivity contribution in [3.63, 3.8) is 0 Å². The van der Waals surface area contributed by atoms with Crippen LogP contribution in [0.15, 0.2) is 36.7 Å². The number of rotatable bonds is 3. The van der Waals surface area contributed by atoms with E-state index in [2.05, 4.69) is 14.8 Å². The highest BCUT2D eigenvalue weighted by atomic mass is 19.4. The van der Waals surface area contributed by atoms with Crippen molar-refractivity contribution >= 4 is 17.4 Å². The number of carbonyl (C=O) groups excluding carboxylic acids is 1. The number of nitrogens with one attached hydrogen (secondary N) is 1. The molecule has 138 valence electrons. The highest BCUT2D eigenvalue weighted by molar-refractivity contribution is 5.98. The number of aromatic nitrogens is 3. The number of fused-ring (bicyclic) bond motifs is 1. The first kappa shape index (κ1) is 18.3. The van der Waals surface area contributed by atoms with Crippen LogP contribution in [0.4, 0.5) is 23.4 Å². The van der Waals surface area contributed by atoms with Crippen LogP contribution in [0.1, 0.15) is 27.8 Å². The molecule has 3 rings (SSSR count). The van der Waals surface area contributed by atoms with Gasteiger partial charge in [-0.15, -0.1) is 0 Å². The van der Waals surface area contributed by atoms with Crippen LogP contribution in [0.25, 0.3) is 10.5 Å². The lowest BCUT2D eigenvalue weighted by molar-refractivity contribution is -0.155. The average molecular weight is 377 g/mol. The van der Waals surface area contributed by atoms with Crippen LogP contribution in [0, 0.1) is 19.3 Å². The lowest BCUT2D eigenvalue weighted by Gasteiger charge is -2.21. The number of imidazole rings is 1. The molecule has 6 nitrogen and oxygen atoms in total. The summed E-state index contributed by atoms with van der Waals surface area (Å²) >= 11 is 0. The van der Waals surface area contributed by atoms with E-state index in [1.54, 1.807) is 6.92 Å². The van der Waals surface area contributed by atoms with Gasteiger partial charge in [0.05, 0.1) is 0 Å². The Kier molecular flexibility index (Phi) is 4.53. The van der Waals surface area contributed by atoms with Gasteiger partial charge in [0, 0.05) is 5.69 Å². The molecule has 3 aromatic rings. The zero-order valence-corrected chi connectivity index (χ0v) is 13.8. The van der Waals surface area contributed by atoms with Crippen molar-refractivity contribution in [3.8, 4) is 0 Å². The van der Waals surface area contributed by atoms with Crippen molar-refractivity contribution in [2.45, 2.75) is 19.1 Å². The Morgan fingerprint density at radius 1 is 1.30 bits per heavy atom. The summed E-state index contributed by atoms with van der Waals surface area (Å²) < 4.78 is 54.6. The summed E-state index contributed by atoms with van der Waals surface area (Å²) in [5.41, 5.74) is -0.159. The quantitative estimate of drug-likeness (QED) is 0.558. The van der Waals surface area contributed by atoms with Gasteiger partial charge in [-0.3, -0.25) is 9.20 Å². The summed E-state index contributed by atoms with van der Waals surface area (Å²) in [5.74, 6) is -1.82. The van der Waals surface area contributed by atoms with Gasteiger partial charge in [0.15, 0.2) is 11.7 Å². The molecule has 27 heavy (non-hydrogen) atoms. The summed E-state index contributed by atoms with van der Waals surface area (Å²) in [6, 6.07) is 2.74. The highest BCUT2D eigenvalue weighted by Gasteiger charge is 2.42. The summed E-state index contributed by atoms with van der Waals surface area (Å²) in [6.07, 6.45) is -3.57. The molecule has 2 aromatic heterocycles. The van der Waals surface area contributed by atoms with Crippen LogP contribution in [0.5, 0.6) is 0 Å². The molecule has 1 N–H and O–H groups in total. The molecule has 0 saturated heterocycles. The largest absolute Gasteiger partial charge is 0.412 e. The van der Waals surface area contributed by atoms with E-state index in [9.17, 15) is 22.4 Å². The van der Waals surface area contributed by atoms with Crippen LogP contribution in [-0.4, -0.2) is 26.5 Å². The third kappa shape index (κ3) is 3.57. The summed E-state index contributed by atoms with van der Waals surface area (Å²) in [7, 11) is 0. The van der Waals surface area contributed by atoms with Gasteiger partial charge in [-0.1, -0.05) is 23.7 Å². The molecule has 0 saturated carbocycles. The monoisotopic (exact) mass is 377 g/mol. The van der Waals surface area contributed by atoms with Crippen LogP contribution in [-0.2, 0) is 0 Å². The first-order chi connectivity index (χ1) is 12.7. The van der Waals surface area contributed by atoms with Gasteiger partial charge in [0.25, 0.3) is 17.4 Å². The number of aryl methyl sites for hydroxylation is 1. The van der Waals surface area contributed by atoms with Gasteiger partial charge in [-0.25, -0.2) is 9.37 Å². The molecule has 1 aromatic carbocycles. The molecule has 0 radical (unpaired) electrons. The van der Waals surface area contributed by atoms with Crippen molar-refractivity contribution in [2.24, 2.45) is 0 Å². The van der Waals surface area contributed by atoms with Crippen molar-refractivity contribution in [1.82, 2.24) is 19.7 Å². The maximum Gasteiger partial charge on any atom is 0.412 e. The maximum absolute atomic E-state index is 13.4. The van der Waals surface area contributed by atoms with Gasteiger partial charge in [-0.2, -0.15) is 13.2 Å². The van der Waals surface area contributed by atoms with Gasteiger partial charge in [-0.05, 0) is 30.7 Å². The van der Waals surface area contributed by atoms with E-state index in [-0.39, 0.29) is 22.7 Å². The van der Waals surface area contributed by atoms with Gasteiger partial charge in [0.1, 0.15) is 12.1 Å². The van der Waals surface area contributed by atoms with E-state index in [1.165, 1.54) is 16.8 Å². The zero-order chi connectivity index (χ0) is 19.8. The topological polar surface area (TPSA) is 63.7 Å². The Morgan fingerprint density at radius 2 is 1.96 bits per heavy atom. The number of benzene rings is 1. The van der Waals surface area contributed by atoms with Crippen LogP contribution >= 0.6 is 0 Å². The minimum absolute atomic E-state index is 0.0135. The maximum atomic E-state index is 13.4. The first-order valence-electron chi connectivity index (χ1n) is 7.56. The molecule has 0 aliphatic carbocycles. The molecule has 0 aliphatic rings. The average Bonchev–Trinajstić information content (AvgIpc) is 3.04. The van der Waals surface area contributed by atoms with E-state index in [0.717, 1.165) is 24.3 Å². The van der Waals surface area contributed by atoms with Gasteiger partial charge in [0.2, 0.25) is 0 Å². The minimum atomic E-state index is -4.81. The fraction of sp³-hybridized carbons (Fsp3) is 0.176. The second kappa shape index (κ2) is 6.68. The lowest BCUT2D eigenvalue weighted by Crippen LogP contribution is -2.38. The lowest BCUT2D eigenvalue weighted by atomic mass is 10.1. The Balaban J connectivity index is 1.99. The van der Waals surface area contributed by atoms with E-state index in [4.69, 9.17) is 6.57 Å². The number of alkyl halides is 3. The second-order valence-electron chi connectivity index (χ2n) is 5.65. The molecular formula is C17H11F4N5O. The van der Waals surface area contributed by atoms with E-state index in [0.29, 0.717) is 5.69 Å². The molecule has 2 heterocycles. The van der Waals surface area contributed by atoms with Crippen molar-refractivity contribution in [2.75, 3.05) is 0 Å². The standard InChI is InChI=1S/C17H11F4N5O/c1-9-7-12(22-2)24-15-13(23-8-26(9)15)16(27)25-14(17(19,20)21)10-3-5-11(18)6-4-10/h3-8,14H,1H3,(H,25,27). The number of halogens is 4. The SMILES string of the molecule is [C-]#[N+]c1cc(C)n2cnc(C(=O)NC(c3ccc(F)cc3)C(F)(F)F)c2n1. The molecule has 0 fully saturated rings. The second-order valence-corrected chi connectivity index (χ2v) is 5.65. The normalized spacial score (nSPS) is 12.6. The Labute approximate surface area is 150 Å². The van der Waals surface area contributed by atoms with Gasteiger partial charge < -0.3 is 10.2 Å². The molecule has 0 spiro atoms. The van der Waals surface area contributed by atoms with Crippen LogP contribution < -0.4 is 5.32 Å². The molecule has 1 atom stereocenters. The number of amides is 1. The predicted octanol–water partition coefficient (Wildman–Crippen LogP) is 3.76. The Morgan fingerprint density at radius 3 is 2.56 bits per heavy atom. The summed E-state index contributed by atoms with van der Waals surface area (Å²) in [5, 5.41) is 1.86. The molecule has 10 heteroatoms. The molecule has 1 amide bonds. The predicted molar refractivity (Wildman–Crippen MR) is 86.6 cm³/mol. The van der Waals surface area contributed by atoms with E-state index < -0.39 is 23.9 Å². The van der Waals surface area contributed by atoms with E-state index >= 15 is 0 Å². The fourth-order valence-electron chi connectivity index (χ4n) is 2.53. The van der Waals surface area contributed by atoms with Gasteiger partial charge >= 0.3 is 6.18 Å². The fourth-order valence-corrected chi connectivity index (χ4v) is 2.53. The molecule has 0 aliphatic heterocycles. The molecular weight excluding hydrogens is 366 g/mol. The van der Waals surface area contributed by atoms with Crippen molar-refractivity contribution in [3.05, 3.63) is 70.8 Å².